The van der Waals surface area contributed by atoms with Crippen LogP contribution in [0.2, 0.25) is 0 Å². The highest BCUT2D eigenvalue weighted by Gasteiger charge is 2.19. The Morgan fingerprint density at radius 3 is 2.32 bits per heavy atom. The SMILES string of the molecule is CCc1c(CN2CCS(=O)CC2)nnn1CCOCCOCCOCCNC. The van der Waals surface area contributed by atoms with E-state index >= 15 is 0 Å². The molecule has 2 rings (SSSR count). The molecule has 0 radical (unpaired) electrons. The van der Waals surface area contributed by atoms with Gasteiger partial charge in [0, 0.05) is 48.5 Å². The molecule has 10 heteroatoms. The molecular weight excluding hydrogens is 382 g/mol. The van der Waals surface area contributed by atoms with Crippen LogP contribution in [0.3, 0.4) is 0 Å². The predicted molar refractivity (Wildman–Crippen MR) is 109 cm³/mol. The summed E-state index contributed by atoms with van der Waals surface area (Å²) in [5, 5.41) is 11.7. The zero-order valence-electron chi connectivity index (χ0n) is 17.2. The van der Waals surface area contributed by atoms with Crippen LogP contribution in [0, 0.1) is 0 Å². The second-order valence-electron chi connectivity index (χ2n) is 6.62. The maximum atomic E-state index is 11.5. The number of ether oxygens (including phenoxy) is 3. The van der Waals surface area contributed by atoms with Crippen LogP contribution in [0.15, 0.2) is 0 Å². The van der Waals surface area contributed by atoms with Crippen LogP contribution < -0.4 is 5.32 Å². The average molecular weight is 418 g/mol. The van der Waals surface area contributed by atoms with Crippen LogP contribution in [0.5, 0.6) is 0 Å². The zero-order chi connectivity index (χ0) is 20.0. The van der Waals surface area contributed by atoms with Crippen molar-refractivity contribution < 1.29 is 18.4 Å². The third kappa shape index (κ3) is 8.62. The Bertz CT molecular complexity index is 562. The van der Waals surface area contributed by atoms with E-state index in [0.717, 1.165) is 55.5 Å². The molecule has 1 fully saturated rings. The molecule has 0 bridgehead atoms. The Morgan fingerprint density at radius 2 is 1.68 bits per heavy atom. The van der Waals surface area contributed by atoms with Crippen LogP contribution in [0.4, 0.5) is 0 Å². The van der Waals surface area contributed by atoms with E-state index in [2.05, 4.69) is 27.5 Å². The molecule has 1 N–H and O–H groups in total. The lowest BCUT2D eigenvalue weighted by Gasteiger charge is -2.25. The fourth-order valence-electron chi connectivity index (χ4n) is 2.97. The predicted octanol–water partition coefficient (Wildman–Crippen LogP) is -0.326. The zero-order valence-corrected chi connectivity index (χ0v) is 18.0. The summed E-state index contributed by atoms with van der Waals surface area (Å²) < 4.78 is 29.9. The van der Waals surface area contributed by atoms with Gasteiger partial charge in [0.2, 0.25) is 0 Å². The van der Waals surface area contributed by atoms with Crippen molar-refractivity contribution in [2.24, 2.45) is 0 Å². The first-order valence-electron chi connectivity index (χ1n) is 10.1. The van der Waals surface area contributed by atoms with Gasteiger partial charge < -0.3 is 19.5 Å². The van der Waals surface area contributed by atoms with Crippen molar-refractivity contribution in [2.75, 3.05) is 77.8 Å². The highest BCUT2D eigenvalue weighted by atomic mass is 32.2. The Morgan fingerprint density at radius 1 is 1.04 bits per heavy atom. The molecule has 0 amide bonds. The molecule has 0 atom stereocenters. The molecule has 9 nitrogen and oxygen atoms in total. The van der Waals surface area contributed by atoms with Gasteiger partial charge in [-0.2, -0.15) is 0 Å². The smallest absolute Gasteiger partial charge is 0.0999 e. The van der Waals surface area contributed by atoms with Gasteiger partial charge in [-0.05, 0) is 13.5 Å². The average Bonchev–Trinajstić information content (AvgIpc) is 3.09. The first-order chi connectivity index (χ1) is 13.7. The number of likely N-dealkylation sites (N-methyl/N-ethyl adjacent to an activating group) is 1. The van der Waals surface area contributed by atoms with E-state index in [-0.39, 0.29) is 0 Å². The van der Waals surface area contributed by atoms with E-state index < -0.39 is 10.8 Å². The van der Waals surface area contributed by atoms with E-state index in [4.69, 9.17) is 14.2 Å². The molecule has 1 aromatic heterocycles. The van der Waals surface area contributed by atoms with Gasteiger partial charge in [0.25, 0.3) is 0 Å². The van der Waals surface area contributed by atoms with Crippen LogP contribution in [0.1, 0.15) is 18.3 Å². The maximum absolute atomic E-state index is 11.5. The molecule has 1 aromatic rings. The van der Waals surface area contributed by atoms with Gasteiger partial charge in [0.15, 0.2) is 0 Å². The van der Waals surface area contributed by atoms with Gasteiger partial charge in [-0.15, -0.1) is 5.10 Å². The van der Waals surface area contributed by atoms with Gasteiger partial charge in [-0.1, -0.05) is 12.1 Å². The van der Waals surface area contributed by atoms with Crippen molar-refractivity contribution >= 4 is 10.8 Å². The third-order valence-electron chi connectivity index (χ3n) is 4.58. The van der Waals surface area contributed by atoms with Gasteiger partial charge in [-0.3, -0.25) is 9.11 Å². The lowest BCUT2D eigenvalue weighted by molar-refractivity contribution is 0.0134. The van der Waals surface area contributed by atoms with E-state index in [9.17, 15) is 4.21 Å². The molecule has 28 heavy (non-hydrogen) atoms. The topological polar surface area (TPSA) is 90.7 Å². The van der Waals surface area contributed by atoms with Crippen molar-refractivity contribution in [1.82, 2.24) is 25.2 Å². The molecular formula is C18H35N5O4S. The van der Waals surface area contributed by atoms with Crippen molar-refractivity contribution in [2.45, 2.75) is 26.4 Å². The summed E-state index contributed by atoms with van der Waals surface area (Å²) in [6.07, 6.45) is 0.888. The summed E-state index contributed by atoms with van der Waals surface area (Å²) in [5.74, 6) is 1.52. The normalized spacial score (nSPS) is 16.1. The van der Waals surface area contributed by atoms with Crippen molar-refractivity contribution in [1.29, 1.82) is 0 Å². The van der Waals surface area contributed by atoms with E-state index in [1.165, 1.54) is 0 Å². The molecule has 1 saturated heterocycles. The molecule has 1 aliphatic heterocycles. The summed E-state index contributed by atoms with van der Waals surface area (Å²) in [7, 11) is 1.25. The molecule has 0 saturated carbocycles. The fourth-order valence-corrected chi connectivity index (χ4v) is 4.10. The molecule has 0 spiro atoms. The third-order valence-corrected chi connectivity index (χ3v) is 5.86. The maximum Gasteiger partial charge on any atom is 0.0999 e. The van der Waals surface area contributed by atoms with E-state index in [1.54, 1.807) is 0 Å². The van der Waals surface area contributed by atoms with E-state index in [0.29, 0.717) is 46.2 Å². The number of nitrogens with one attached hydrogen (secondary N) is 1. The lowest BCUT2D eigenvalue weighted by Crippen LogP contribution is -2.37. The Balaban J connectivity index is 1.58. The highest BCUT2D eigenvalue weighted by molar-refractivity contribution is 7.85. The van der Waals surface area contributed by atoms with Crippen LogP contribution >= 0.6 is 0 Å². The number of hydrogen-bond donors (Lipinski definition) is 1. The first kappa shape index (κ1) is 23.4. The number of aromatic nitrogens is 3. The molecule has 0 unspecified atom stereocenters. The minimum absolute atomic E-state index is 0.560. The number of nitrogens with zero attached hydrogens (tertiary/aromatic N) is 4. The molecule has 0 aliphatic carbocycles. The van der Waals surface area contributed by atoms with Gasteiger partial charge in [-0.25, -0.2) is 4.68 Å². The summed E-state index contributed by atoms with van der Waals surface area (Å²) in [6, 6.07) is 0. The summed E-state index contributed by atoms with van der Waals surface area (Å²) in [4.78, 5) is 2.31. The Kier molecular flexibility index (Phi) is 11.8. The van der Waals surface area contributed by atoms with Crippen molar-refractivity contribution in [3.8, 4) is 0 Å². The molecule has 2 heterocycles. The first-order valence-corrected chi connectivity index (χ1v) is 11.6. The van der Waals surface area contributed by atoms with E-state index in [1.807, 2.05) is 11.7 Å². The Labute approximate surface area is 170 Å². The van der Waals surface area contributed by atoms with Crippen LogP contribution in [0.25, 0.3) is 0 Å². The minimum Gasteiger partial charge on any atom is -0.378 e. The molecule has 0 aromatic carbocycles. The van der Waals surface area contributed by atoms with Crippen molar-refractivity contribution in [3.05, 3.63) is 11.4 Å². The second kappa shape index (κ2) is 14.1. The van der Waals surface area contributed by atoms with Gasteiger partial charge in [0.05, 0.1) is 57.6 Å². The fraction of sp³-hybridized carbons (Fsp3) is 0.889. The molecule has 162 valence electrons. The van der Waals surface area contributed by atoms with Crippen molar-refractivity contribution in [3.63, 3.8) is 0 Å². The van der Waals surface area contributed by atoms with Gasteiger partial charge in [0.1, 0.15) is 0 Å². The largest absolute Gasteiger partial charge is 0.378 e. The highest BCUT2D eigenvalue weighted by Crippen LogP contribution is 2.11. The number of hydrogen-bond acceptors (Lipinski definition) is 8. The van der Waals surface area contributed by atoms with Crippen LogP contribution in [-0.4, -0.2) is 102 Å². The molecule has 1 aliphatic rings. The summed E-state index contributed by atoms with van der Waals surface area (Å²) in [6.45, 7) is 9.79. The minimum atomic E-state index is -0.651. The monoisotopic (exact) mass is 417 g/mol. The Hall–Kier alpha value is -0.910. The lowest BCUT2D eigenvalue weighted by atomic mass is 10.2. The standard InChI is InChI=1S/C18H35N5O4S/c1-3-18-17(16-22-6-14-28(24)15-7-22)20-21-23(18)5-9-26-11-13-27-12-10-25-8-4-19-2/h19H,3-16H2,1-2H3. The second-order valence-corrected chi connectivity index (χ2v) is 8.32. The number of rotatable bonds is 15. The quantitative estimate of drug-likeness (QED) is 0.388. The summed E-state index contributed by atoms with van der Waals surface area (Å²) in [5.41, 5.74) is 2.18. The summed E-state index contributed by atoms with van der Waals surface area (Å²) >= 11 is 0. The van der Waals surface area contributed by atoms with Gasteiger partial charge >= 0.3 is 0 Å². The van der Waals surface area contributed by atoms with Crippen LogP contribution in [-0.2, 0) is 44.5 Å².